The Morgan fingerprint density at radius 1 is 1.33 bits per heavy atom. The maximum Gasteiger partial charge on any atom is 0.315 e. The third-order valence-electron chi connectivity index (χ3n) is 2.72. The molecule has 1 aromatic heterocycles. The summed E-state index contributed by atoms with van der Waals surface area (Å²) in [6.07, 6.45) is 0.666. The first-order valence-electron chi connectivity index (χ1n) is 6.19. The van der Waals surface area contributed by atoms with Gasteiger partial charge in [-0.15, -0.1) is 16.7 Å². The van der Waals surface area contributed by atoms with Crippen molar-refractivity contribution in [1.29, 1.82) is 0 Å². The van der Waals surface area contributed by atoms with Crippen molar-refractivity contribution in [3.05, 3.63) is 35.7 Å². The zero-order valence-corrected chi connectivity index (χ0v) is 12.9. The molecule has 0 radical (unpaired) electrons. The van der Waals surface area contributed by atoms with Crippen LogP contribution in [0.3, 0.4) is 0 Å². The summed E-state index contributed by atoms with van der Waals surface area (Å²) in [4.78, 5) is 0.0943. The van der Waals surface area contributed by atoms with Crippen LogP contribution in [0.2, 0.25) is 0 Å². The van der Waals surface area contributed by atoms with Gasteiger partial charge in [0.2, 0.25) is 15.9 Å². The highest BCUT2D eigenvalue weighted by Crippen LogP contribution is 2.19. The van der Waals surface area contributed by atoms with Gasteiger partial charge in [-0.1, -0.05) is 17.2 Å². The maximum absolute atomic E-state index is 11.1. The van der Waals surface area contributed by atoms with Crippen molar-refractivity contribution in [3.8, 4) is 0 Å². The number of nitrogens with zero attached hydrogens (tertiary/aromatic N) is 2. The fraction of sp³-hybridized carbons (Fsp3) is 0.333. The van der Waals surface area contributed by atoms with Gasteiger partial charge in [-0.2, -0.15) is 0 Å². The molecule has 0 saturated carbocycles. The number of halogens is 1. The first kappa shape index (κ1) is 15.7. The highest BCUT2D eigenvalue weighted by Gasteiger charge is 2.10. The standard InChI is InChI=1S/C12H15ClN4O3S/c1-8(13)11-16-17-12(20-11)15-7-6-9-2-4-10(5-3-9)21(14,18)19/h2-5,8H,6-7H2,1H3,(H,15,17)(H2,14,18,19). The molecule has 1 heterocycles. The van der Waals surface area contributed by atoms with Crippen molar-refractivity contribution >= 4 is 27.6 Å². The second-order valence-electron chi connectivity index (χ2n) is 4.43. The molecule has 0 aliphatic rings. The Morgan fingerprint density at radius 2 is 2.00 bits per heavy atom. The van der Waals surface area contributed by atoms with E-state index in [-0.39, 0.29) is 10.3 Å². The minimum Gasteiger partial charge on any atom is -0.407 e. The van der Waals surface area contributed by atoms with Gasteiger partial charge in [0.25, 0.3) is 0 Å². The van der Waals surface area contributed by atoms with Gasteiger partial charge in [0, 0.05) is 6.54 Å². The van der Waals surface area contributed by atoms with Crippen molar-refractivity contribution in [2.75, 3.05) is 11.9 Å². The number of nitrogens with one attached hydrogen (secondary N) is 1. The number of hydrogen-bond donors (Lipinski definition) is 2. The van der Waals surface area contributed by atoms with Crippen molar-refractivity contribution < 1.29 is 12.8 Å². The number of primary sulfonamides is 1. The predicted octanol–water partition coefficient (Wildman–Crippen LogP) is 1.67. The number of rotatable bonds is 6. The third kappa shape index (κ3) is 4.42. The minimum absolute atomic E-state index is 0.0943. The van der Waals surface area contributed by atoms with E-state index in [4.69, 9.17) is 21.2 Å². The van der Waals surface area contributed by atoms with Gasteiger partial charge in [0.1, 0.15) is 5.38 Å². The Kier molecular flexibility index (Phi) is 4.81. The molecule has 0 saturated heterocycles. The third-order valence-corrected chi connectivity index (χ3v) is 3.84. The first-order chi connectivity index (χ1) is 9.86. The van der Waals surface area contributed by atoms with Crippen LogP contribution in [0, 0.1) is 0 Å². The molecule has 1 unspecified atom stereocenters. The molecule has 9 heteroatoms. The molecular formula is C12H15ClN4O3S. The summed E-state index contributed by atoms with van der Waals surface area (Å²) in [5.41, 5.74) is 0.959. The van der Waals surface area contributed by atoms with E-state index in [0.717, 1.165) is 5.56 Å². The number of aromatic nitrogens is 2. The van der Waals surface area contributed by atoms with Crippen LogP contribution in [0.25, 0.3) is 0 Å². The van der Waals surface area contributed by atoms with E-state index < -0.39 is 10.0 Å². The normalized spacial score (nSPS) is 13.1. The molecule has 1 atom stereocenters. The minimum atomic E-state index is -3.65. The van der Waals surface area contributed by atoms with E-state index >= 15 is 0 Å². The Labute approximate surface area is 127 Å². The molecule has 114 valence electrons. The van der Waals surface area contributed by atoms with Crippen molar-refractivity contribution in [2.45, 2.75) is 23.6 Å². The van der Waals surface area contributed by atoms with Crippen LogP contribution in [0.4, 0.5) is 6.01 Å². The highest BCUT2D eigenvalue weighted by atomic mass is 35.5. The monoisotopic (exact) mass is 330 g/mol. The van der Waals surface area contributed by atoms with Gasteiger partial charge in [-0.25, -0.2) is 13.6 Å². The second kappa shape index (κ2) is 6.42. The van der Waals surface area contributed by atoms with Crippen LogP contribution in [-0.2, 0) is 16.4 Å². The van der Waals surface area contributed by atoms with E-state index in [1.807, 2.05) is 0 Å². The largest absolute Gasteiger partial charge is 0.407 e. The molecule has 1 aromatic carbocycles. The summed E-state index contributed by atoms with van der Waals surface area (Å²) in [6.45, 7) is 2.30. The lowest BCUT2D eigenvalue weighted by atomic mass is 10.1. The molecule has 3 N–H and O–H groups in total. The van der Waals surface area contributed by atoms with Crippen LogP contribution in [0.15, 0.2) is 33.6 Å². The fourth-order valence-corrected chi connectivity index (χ4v) is 2.23. The van der Waals surface area contributed by atoms with Gasteiger partial charge in [-0.05, 0) is 31.0 Å². The smallest absolute Gasteiger partial charge is 0.315 e. The molecule has 0 aliphatic heterocycles. The van der Waals surface area contributed by atoms with Crippen LogP contribution in [0.1, 0.15) is 23.8 Å². The molecule has 2 aromatic rings. The molecule has 0 spiro atoms. The fourth-order valence-electron chi connectivity index (χ4n) is 1.63. The van der Waals surface area contributed by atoms with Gasteiger partial charge >= 0.3 is 6.01 Å². The summed E-state index contributed by atoms with van der Waals surface area (Å²) < 4.78 is 27.5. The van der Waals surface area contributed by atoms with Gasteiger partial charge in [0.15, 0.2) is 0 Å². The number of hydrogen-bond acceptors (Lipinski definition) is 6. The number of sulfonamides is 1. The highest BCUT2D eigenvalue weighted by molar-refractivity contribution is 7.89. The van der Waals surface area contributed by atoms with Crippen molar-refractivity contribution in [1.82, 2.24) is 10.2 Å². The zero-order chi connectivity index (χ0) is 15.5. The molecule has 0 fully saturated rings. The lowest BCUT2D eigenvalue weighted by Crippen LogP contribution is -2.12. The van der Waals surface area contributed by atoms with E-state index in [9.17, 15) is 8.42 Å². The maximum atomic E-state index is 11.1. The topological polar surface area (TPSA) is 111 Å². The summed E-state index contributed by atoms with van der Waals surface area (Å²) in [5.74, 6) is 0.358. The Bertz CT molecular complexity index is 698. The second-order valence-corrected chi connectivity index (χ2v) is 6.64. The van der Waals surface area contributed by atoms with Crippen LogP contribution >= 0.6 is 11.6 Å². The average Bonchev–Trinajstić information content (AvgIpc) is 2.87. The Balaban J connectivity index is 1.88. The van der Waals surface area contributed by atoms with Crippen molar-refractivity contribution in [3.63, 3.8) is 0 Å². The predicted molar refractivity (Wildman–Crippen MR) is 78.6 cm³/mol. The Hall–Kier alpha value is -1.64. The molecule has 0 aliphatic carbocycles. The molecule has 21 heavy (non-hydrogen) atoms. The first-order valence-corrected chi connectivity index (χ1v) is 8.17. The number of anilines is 1. The lowest BCUT2D eigenvalue weighted by Gasteiger charge is -2.03. The molecule has 2 rings (SSSR count). The molecule has 7 nitrogen and oxygen atoms in total. The van der Waals surface area contributed by atoms with Gasteiger partial charge in [-0.3, -0.25) is 0 Å². The number of alkyl halides is 1. The zero-order valence-electron chi connectivity index (χ0n) is 11.3. The van der Waals surface area contributed by atoms with E-state index in [1.54, 1.807) is 19.1 Å². The van der Waals surface area contributed by atoms with E-state index in [2.05, 4.69) is 15.5 Å². The average molecular weight is 331 g/mol. The summed E-state index contributed by atoms with van der Waals surface area (Å²) in [7, 11) is -3.65. The van der Waals surface area contributed by atoms with Gasteiger partial charge < -0.3 is 9.73 Å². The Morgan fingerprint density at radius 3 is 2.52 bits per heavy atom. The number of benzene rings is 1. The molecular weight excluding hydrogens is 316 g/mol. The SMILES string of the molecule is CC(Cl)c1nnc(NCCc2ccc(S(N)(=O)=O)cc2)o1. The molecule has 0 amide bonds. The quantitative estimate of drug-likeness (QED) is 0.779. The summed E-state index contributed by atoms with van der Waals surface area (Å²) >= 11 is 5.81. The van der Waals surface area contributed by atoms with Crippen LogP contribution < -0.4 is 10.5 Å². The van der Waals surface area contributed by atoms with Crippen molar-refractivity contribution in [2.24, 2.45) is 5.14 Å². The summed E-state index contributed by atoms with van der Waals surface area (Å²) in [5, 5.41) is 15.3. The molecule has 0 bridgehead atoms. The van der Waals surface area contributed by atoms with E-state index in [0.29, 0.717) is 24.9 Å². The summed E-state index contributed by atoms with van der Waals surface area (Å²) in [6, 6.07) is 6.68. The lowest BCUT2D eigenvalue weighted by molar-refractivity contribution is 0.506. The van der Waals surface area contributed by atoms with E-state index in [1.165, 1.54) is 12.1 Å². The number of nitrogens with two attached hydrogens (primary N) is 1. The van der Waals surface area contributed by atoms with Gasteiger partial charge in [0.05, 0.1) is 4.90 Å². The van der Waals surface area contributed by atoms with Crippen LogP contribution in [-0.4, -0.2) is 25.2 Å². The van der Waals surface area contributed by atoms with Crippen LogP contribution in [0.5, 0.6) is 0 Å².